The highest BCUT2D eigenvalue weighted by molar-refractivity contribution is 5.98. The van der Waals surface area contributed by atoms with E-state index in [2.05, 4.69) is 31.0 Å². The number of nitrogens with zero attached hydrogens (tertiary/aromatic N) is 1. The molecule has 0 bridgehead atoms. The molecule has 0 spiro atoms. The van der Waals surface area contributed by atoms with Gasteiger partial charge in [-0.15, -0.1) is 0 Å². The number of Topliss-reactive ketones (excluding diaryl/α,β-unsaturated/α-hetero) is 1. The van der Waals surface area contributed by atoms with Crippen LogP contribution < -0.4 is 0 Å². The van der Waals surface area contributed by atoms with E-state index in [1.807, 2.05) is 0 Å². The van der Waals surface area contributed by atoms with E-state index in [4.69, 9.17) is 4.74 Å². The maximum absolute atomic E-state index is 12.1. The number of ketones is 1. The average molecular weight is 343 g/mol. The second-order valence-corrected chi connectivity index (χ2v) is 7.58. The van der Waals surface area contributed by atoms with Crippen molar-refractivity contribution in [3.63, 3.8) is 0 Å². The Morgan fingerprint density at radius 3 is 2.32 bits per heavy atom. The molecule has 136 valence electrons. The highest BCUT2D eigenvalue weighted by atomic mass is 16.6. The van der Waals surface area contributed by atoms with E-state index < -0.39 is 5.60 Å². The van der Waals surface area contributed by atoms with Crippen LogP contribution in [0.4, 0.5) is 0 Å². The number of hydrogen-bond acceptors (Lipinski definition) is 4. The van der Waals surface area contributed by atoms with Crippen LogP contribution in [0.5, 0.6) is 0 Å². The third-order valence-corrected chi connectivity index (χ3v) is 5.81. The van der Waals surface area contributed by atoms with Gasteiger partial charge in [-0.3, -0.25) is 14.6 Å². The smallest absolute Gasteiger partial charge is 0.313 e. The van der Waals surface area contributed by atoms with Crippen molar-refractivity contribution in [1.29, 1.82) is 0 Å². The fourth-order valence-corrected chi connectivity index (χ4v) is 4.46. The maximum Gasteiger partial charge on any atom is 0.313 e. The average Bonchev–Trinajstić information content (AvgIpc) is 3.14. The number of ether oxygens (including phenoxy) is 1. The zero-order chi connectivity index (χ0) is 17.9. The Morgan fingerprint density at radius 2 is 1.76 bits per heavy atom. The van der Waals surface area contributed by atoms with Gasteiger partial charge in [-0.25, -0.2) is 0 Å². The van der Waals surface area contributed by atoms with Crippen LogP contribution in [0.3, 0.4) is 0 Å². The molecule has 3 rings (SSSR count). The molecule has 0 aromatic carbocycles. The summed E-state index contributed by atoms with van der Waals surface area (Å²) in [6.07, 6.45) is 8.24. The zero-order valence-electron chi connectivity index (χ0n) is 15.5. The van der Waals surface area contributed by atoms with Gasteiger partial charge < -0.3 is 4.74 Å². The molecule has 2 fully saturated rings. The Labute approximate surface area is 150 Å². The first-order valence-electron chi connectivity index (χ1n) is 9.77. The third kappa shape index (κ3) is 4.10. The van der Waals surface area contributed by atoms with Gasteiger partial charge in [0.15, 0.2) is 0 Å². The summed E-state index contributed by atoms with van der Waals surface area (Å²) in [5.74, 6) is 0.0431. The summed E-state index contributed by atoms with van der Waals surface area (Å²) in [5.41, 5.74) is 2.89. The second kappa shape index (κ2) is 7.67. The summed E-state index contributed by atoms with van der Waals surface area (Å²) in [5, 5.41) is 0. The van der Waals surface area contributed by atoms with Gasteiger partial charge in [-0.1, -0.05) is 26.7 Å². The van der Waals surface area contributed by atoms with E-state index in [1.54, 1.807) is 0 Å². The molecule has 0 amide bonds. The van der Waals surface area contributed by atoms with Gasteiger partial charge in [-0.05, 0) is 62.1 Å². The number of aromatic nitrogens is 1. The lowest BCUT2D eigenvalue weighted by Crippen LogP contribution is -2.48. The number of cyclic esters (lactones) is 1. The SMILES string of the molecule is CCc1cc(CCC2(C3CCCC3)CC(=O)CC(=O)O2)cc(CC)n1. The van der Waals surface area contributed by atoms with Gasteiger partial charge in [0.25, 0.3) is 0 Å². The molecule has 2 heterocycles. The lowest BCUT2D eigenvalue weighted by atomic mass is 9.76. The number of esters is 1. The standard InChI is InChI=1S/C21H29NO3/c1-3-17-11-15(12-18(4-2)22-17)9-10-21(16-7-5-6-8-16)14-19(23)13-20(24)25-21/h11-12,16H,3-10,13-14H2,1-2H3. The fraction of sp³-hybridized carbons (Fsp3) is 0.667. The van der Waals surface area contributed by atoms with Crippen molar-refractivity contribution in [3.8, 4) is 0 Å². The van der Waals surface area contributed by atoms with Crippen LogP contribution in [0.1, 0.15) is 75.7 Å². The molecule has 1 aromatic heterocycles. The predicted octanol–water partition coefficient (Wildman–Crippen LogP) is 3.97. The number of rotatable bonds is 6. The summed E-state index contributed by atoms with van der Waals surface area (Å²) in [4.78, 5) is 28.8. The fourth-order valence-electron chi connectivity index (χ4n) is 4.46. The van der Waals surface area contributed by atoms with Crippen LogP contribution >= 0.6 is 0 Å². The van der Waals surface area contributed by atoms with Crippen molar-refractivity contribution in [2.75, 3.05) is 0 Å². The maximum atomic E-state index is 12.1. The minimum Gasteiger partial charge on any atom is -0.458 e. The predicted molar refractivity (Wildman–Crippen MR) is 96.3 cm³/mol. The molecule has 1 aliphatic carbocycles. The van der Waals surface area contributed by atoms with E-state index in [-0.39, 0.29) is 18.2 Å². The van der Waals surface area contributed by atoms with E-state index in [1.165, 1.54) is 18.4 Å². The van der Waals surface area contributed by atoms with Crippen molar-refractivity contribution < 1.29 is 14.3 Å². The molecule has 4 heteroatoms. The number of carbonyl (C=O) groups excluding carboxylic acids is 2. The quantitative estimate of drug-likeness (QED) is 0.579. The molecule has 1 saturated heterocycles. The Kier molecular flexibility index (Phi) is 5.55. The summed E-state index contributed by atoms with van der Waals surface area (Å²) >= 11 is 0. The molecule has 0 radical (unpaired) electrons. The van der Waals surface area contributed by atoms with Crippen LogP contribution in [-0.2, 0) is 33.6 Å². The monoisotopic (exact) mass is 343 g/mol. The van der Waals surface area contributed by atoms with Crippen molar-refractivity contribution >= 4 is 11.8 Å². The molecule has 1 aromatic rings. The Bertz CT molecular complexity index is 608. The highest BCUT2D eigenvalue weighted by Crippen LogP contribution is 2.43. The van der Waals surface area contributed by atoms with Crippen LogP contribution in [0.15, 0.2) is 12.1 Å². The number of aryl methyl sites for hydroxylation is 3. The molecule has 0 N–H and O–H groups in total. The third-order valence-electron chi connectivity index (χ3n) is 5.81. The Morgan fingerprint density at radius 1 is 1.12 bits per heavy atom. The van der Waals surface area contributed by atoms with Gasteiger partial charge >= 0.3 is 5.97 Å². The minimum absolute atomic E-state index is 0.0429. The van der Waals surface area contributed by atoms with E-state index in [9.17, 15) is 9.59 Å². The van der Waals surface area contributed by atoms with Crippen LogP contribution in [0, 0.1) is 5.92 Å². The van der Waals surface area contributed by atoms with Crippen LogP contribution in [0.25, 0.3) is 0 Å². The zero-order valence-corrected chi connectivity index (χ0v) is 15.5. The lowest BCUT2D eigenvalue weighted by molar-refractivity contribution is -0.178. The summed E-state index contributed by atoms with van der Waals surface area (Å²) in [7, 11) is 0. The van der Waals surface area contributed by atoms with Crippen molar-refractivity contribution in [2.45, 2.75) is 83.7 Å². The van der Waals surface area contributed by atoms with E-state index in [0.29, 0.717) is 12.3 Å². The van der Waals surface area contributed by atoms with Crippen molar-refractivity contribution in [3.05, 3.63) is 29.1 Å². The van der Waals surface area contributed by atoms with E-state index in [0.717, 1.165) is 49.9 Å². The molecule has 1 unspecified atom stereocenters. The van der Waals surface area contributed by atoms with Crippen molar-refractivity contribution in [2.24, 2.45) is 5.92 Å². The van der Waals surface area contributed by atoms with Crippen LogP contribution in [-0.4, -0.2) is 22.3 Å². The summed E-state index contributed by atoms with van der Waals surface area (Å²) in [6, 6.07) is 4.32. The van der Waals surface area contributed by atoms with Crippen molar-refractivity contribution in [1.82, 2.24) is 4.98 Å². The molecular weight excluding hydrogens is 314 g/mol. The van der Waals surface area contributed by atoms with Gasteiger partial charge in [0.2, 0.25) is 0 Å². The van der Waals surface area contributed by atoms with Gasteiger partial charge in [-0.2, -0.15) is 0 Å². The highest BCUT2D eigenvalue weighted by Gasteiger charge is 2.47. The molecule has 1 atom stereocenters. The summed E-state index contributed by atoms with van der Waals surface area (Å²) in [6.45, 7) is 4.24. The largest absolute Gasteiger partial charge is 0.458 e. The first kappa shape index (κ1) is 18.1. The normalized spacial score (nSPS) is 24.6. The molecular formula is C21H29NO3. The first-order chi connectivity index (χ1) is 12.0. The number of hydrogen-bond donors (Lipinski definition) is 0. The van der Waals surface area contributed by atoms with Gasteiger partial charge in [0, 0.05) is 17.8 Å². The molecule has 25 heavy (non-hydrogen) atoms. The molecule has 1 aliphatic heterocycles. The molecule has 2 aliphatic rings. The molecule has 4 nitrogen and oxygen atoms in total. The molecule has 1 saturated carbocycles. The number of carbonyl (C=O) groups is 2. The van der Waals surface area contributed by atoms with Gasteiger partial charge in [0.1, 0.15) is 17.8 Å². The van der Waals surface area contributed by atoms with Gasteiger partial charge in [0.05, 0.1) is 0 Å². The Balaban J connectivity index is 1.81. The first-order valence-corrected chi connectivity index (χ1v) is 9.77. The lowest BCUT2D eigenvalue weighted by Gasteiger charge is -2.41. The van der Waals surface area contributed by atoms with Crippen LogP contribution in [0.2, 0.25) is 0 Å². The second-order valence-electron chi connectivity index (χ2n) is 7.58. The topological polar surface area (TPSA) is 56.3 Å². The Hall–Kier alpha value is -1.71. The summed E-state index contributed by atoms with van der Waals surface area (Å²) < 4.78 is 5.89. The minimum atomic E-state index is -0.578. The van der Waals surface area contributed by atoms with E-state index >= 15 is 0 Å². The number of pyridine rings is 1.